The van der Waals surface area contributed by atoms with Gasteiger partial charge in [-0.3, -0.25) is 10.1 Å². The van der Waals surface area contributed by atoms with Crippen LogP contribution in [0.4, 0.5) is 19.3 Å². The number of nitrogens with zero attached hydrogens (tertiary/aromatic N) is 1. The molecule has 0 aliphatic heterocycles. The molecule has 0 aliphatic carbocycles. The first-order valence-electron chi connectivity index (χ1n) is 9.87. The Kier molecular flexibility index (Phi) is 7.64. The molecule has 6 nitrogen and oxygen atoms in total. The van der Waals surface area contributed by atoms with Crippen LogP contribution in [0.5, 0.6) is 0 Å². The predicted molar refractivity (Wildman–Crippen MR) is 117 cm³/mol. The summed E-state index contributed by atoms with van der Waals surface area (Å²) in [5.41, 5.74) is 2.20. The summed E-state index contributed by atoms with van der Waals surface area (Å²) in [6, 6.07) is 18.5. The normalized spacial score (nSPS) is 11.0. The van der Waals surface area contributed by atoms with E-state index < -0.39 is 29.1 Å². The Morgan fingerprint density at radius 1 is 0.906 bits per heavy atom. The highest BCUT2D eigenvalue weighted by Crippen LogP contribution is 2.13. The first-order chi connectivity index (χ1) is 15.5. The van der Waals surface area contributed by atoms with Crippen molar-refractivity contribution < 1.29 is 23.2 Å². The topological polar surface area (TPSA) is 79.8 Å². The molecule has 0 heterocycles. The van der Waals surface area contributed by atoms with Crippen molar-refractivity contribution in [1.82, 2.24) is 5.32 Å². The fourth-order valence-electron chi connectivity index (χ4n) is 2.86. The third-order valence-corrected chi connectivity index (χ3v) is 4.48. The lowest BCUT2D eigenvalue weighted by Gasteiger charge is -2.09. The summed E-state index contributed by atoms with van der Waals surface area (Å²) in [5, 5.41) is 8.52. The van der Waals surface area contributed by atoms with E-state index in [1.54, 1.807) is 24.3 Å². The average molecular weight is 437 g/mol. The van der Waals surface area contributed by atoms with E-state index in [2.05, 4.69) is 10.5 Å². The number of halogens is 2. The summed E-state index contributed by atoms with van der Waals surface area (Å²) in [6.07, 6.45) is 0.720. The fraction of sp³-hybridized carbons (Fsp3) is 0.125. The second kappa shape index (κ2) is 10.8. The van der Waals surface area contributed by atoms with Crippen LogP contribution < -0.4 is 10.6 Å². The summed E-state index contributed by atoms with van der Waals surface area (Å²) >= 11 is 0. The highest BCUT2D eigenvalue weighted by Gasteiger charge is 2.19. The molecule has 3 aromatic carbocycles. The van der Waals surface area contributed by atoms with Gasteiger partial charge in [0.1, 0.15) is 23.8 Å². The molecule has 32 heavy (non-hydrogen) atoms. The van der Waals surface area contributed by atoms with Crippen LogP contribution >= 0.6 is 0 Å². The molecule has 8 heteroatoms. The summed E-state index contributed by atoms with van der Waals surface area (Å²) < 4.78 is 27.3. The molecule has 0 aromatic heterocycles. The van der Waals surface area contributed by atoms with Crippen molar-refractivity contribution in [3.8, 4) is 0 Å². The lowest BCUT2D eigenvalue weighted by molar-refractivity contribution is 0.0959. The van der Waals surface area contributed by atoms with Crippen molar-refractivity contribution in [1.29, 1.82) is 0 Å². The highest BCUT2D eigenvalue weighted by molar-refractivity contribution is 6.08. The third-order valence-electron chi connectivity index (χ3n) is 4.48. The Labute approximate surface area is 183 Å². The van der Waals surface area contributed by atoms with Gasteiger partial charge in [-0.1, -0.05) is 60.6 Å². The van der Waals surface area contributed by atoms with Crippen molar-refractivity contribution in [2.24, 2.45) is 5.16 Å². The maximum absolute atomic E-state index is 13.6. The summed E-state index contributed by atoms with van der Waals surface area (Å²) in [7, 11) is 0. The van der Waals surface area contributed by atoms with Gasteiger partial charge in [0.15, 0.2) is 0 Å². The van der Waals surface area contributed by atoms with Crippen LogP contribution in [0.25, 0.3) is 0 Å². The average Bonchev–Trinajstić information content (AvgIpc) is 2.78. The minimum atomic E-state index is -1.17. The van der Waals surface area contributed by atoms with Crippen LogP contribution in [-0.2, 0) is 11.4 Å². The molecule has 0 saturated heterocycles. The van der Waals surface area contributed by atoms with E-state index in [4.69, 9.17) is 4.84 Å². The van der Waals surface area contributed by atoms with Gasteiger partial charge in [0.05, 0.1) is 5.71 Å². The molecule has 0 spiro atoms. The smallest absolute Gasteiger partial charge is 0.326 e. The van der Waals surface area contributed by atoms with E-state index in [-0.39, 0.29) is 6.61 Å². The SMILES string of the molecule is CCC(=NOCc1ccc(NC(=O)NC(=O)c2c(F)cccc2F)cc1)c1ccccc1. The number of benzene rings is 3. The zero-order valence-electron chi connectivity index (χ0n) is 17.3. The maximum atomic E-state index is 13.6. The number of nitrogens with one attached hydrogen (secondary N) is 2. The number of carbonyl (C=O) groups excluding carboxylic acids is 2. The van der Waals surface area contributed by atoms with Crippen LogP contribution in [0.15, 0.2) is 78.0 Å². The maximum Gasteiger partial charge on any atom is 0.326 e. The van der Waals surface area contributed by atoms with E-state index >= 15 is 0 Å². The van der Waals surface area contributed by atoms with Crippen LogP contribution in [0.3, 0.4) is 0 Å². The molecule has 0 atom stereocenters. The van der Waals surface area contributed by atoms with Crippen molar-refractivity contribution in [3.63, 3.8) is 0 Å². The van der Waals surface area contributed by atoms with Crippen molar-refractivity contribution in [2.45, 2.75) is 20.0 Å². The van der Waals surface area contributed by atoms with Gasteiger partial charge in [0.2, 0.25) is 0 Å². The quantitative estimate of drug-likeness (QED) is 0.391. The van der Waals surface area contributed by atoms with Crippen molar-refractivity contribution in [3.05, 3.63) is 101 Å². The van der Waals surface area contributed by atoms with E-state index in [0.29, 0.717) is 5.69 Å². The molecule has 0 fully saturated rings. The Morgan fingerprint density at radius 2 is 1.56 bits per heavy atom. The second-order valence-electron chi connectivity index (χ2n) is 6.73. The Bertz CT molecular complexity index is 1100. The van der Waals surface area contributed by atoms with Gasteiger partial charge in [0.25, 0.3) is 5.91 Å². The molecule has 3 rings (SSSR count). The standard InChI is InChI=1S/C24H21F2N3O3/c1-2-21(17-7-4-3-5-8-17)29-32-15-16-11-13-18(14-12-16)27-24(31)28-23(30)22-19(25)9-6-10-20(22)26/h3-14H,2,15H2,1H3,(H2,27,28,30,31). The molecule has 164 valence electrons. The van der Waals surface area contributed by atoms with Crippen LogP contribution in [0.1, 0.15) is 34.8 Å². The third kappa shape index (κ3) is 5.98. The molecule has 0 aliphatic rings. The second-order valence-corrected chi connectivity index (χ2v) is 6.73. The zero-order chi connectivity index (χ0) is 22.9. The predicted octanol–water partition coefficient (Wildman–Crippen LogP) is 5.26. The van der Waals surface area contributed by atoms with Gasteiger partial charge in [-0.15, -0.1) is 0 Å². The number of anilines is 1. The van der Waals surface area contributed by atoms with Gasteiger partial charge in [-0.05, 0) is 41.8 Å². The molecule has 0 bridgehead atoms. The van der Waals surface area contributed by atoms with Gasteiger partial charge in [0, 0.05) is 5.69 Å². The largest absolute Gasteiger partial charge is 0.391 e. The number of carbonyl (C=O) groups is 2. The van der Waals surface area contributed by atoms with E-state index in [1.165, 1.54) is 0 Å². The van der Waals surface area contributed by atoms with E-state index in [9.17, 15) is 18.4 Å². The summed E-state index contributed by atoms with van der Waals surface area (Å²) in [6.45, 7) is 2.22. The Morgan fingerprint density at radius 3 is 2.19 bits per heavy atom. The number of rotatable bonds is 7. The van der Waals surface area contributed by atoms with Crippen LogP contribution in [0, 0.1) is 11.6 Å². The van der Waals surface area contributed by atoms with Crippen LogP contribution in [0.2, 0.25) is 0 Å². The van der Waals surface area contributed by atoms with Crippen molar-refractivity contribution >= 4 is 23.3 Å². The van der Waals surface area contributed by atoms with Gasteiger partial charge >= 0.3 is 6.03 Å². The van der Waals surface area contributed by atoms with Crippen LogP contribution in [-0.4, -0.2) is 17.6 Å². The molecule has 3 amide bonds. The van der Waals surface area contributed by atoms with Crippen molar-refractivity contribution in [2.75, 3.05) is 5.32 Å². The number of oxime groups is 1. The fourth-order valence-corrected chi connectivity index (χ4v) is 2.86. The molecule has 0 saturated carbocycles. The summed E-state index contributed by atoms with van der Waals surface area (Å²) in [5.74, 6) is -3.28. The lowest BCUT2D eigenvalue weighted by atomic mass is 10.1. The number of urea groups is 1. The molecule has 2 N–H and O–H groups in total. The number of hydrogen-bond acceptors (Lipinski definition) is 4. The minimum absolute atomic E-state index is 0.230. The number of amides is 3. The first kappa shape index (κ1) is 22.6. The molecule has 0 unspecified atom stereocenters. The molecular formula is C24H21F2N3O3. The number of imide groups is 1. The van der Waals surface area contributed by atoms with E-state index in [0.717, 1.165) is 41.5 Å². The van der Waals surface area contributed by atoms with Gasteiger partial charge in [-0.25, -0.2) is 13.6 Å². The monoisotopic (exact) mass is 437 g/mol. The highest BCUT2D eigenvalue weighted by atomic mass is 19.1. The minimum Gasteiger partial charge on any atom is -0.391 e. The first-order valence-corrected chi connectivity index (χ1v) is 9.87. The molecule has 0 radical (unpaired) electrons. The van der Waals surface area contributed by atoms with Gasteiger partial charge < -0.3 is 10.2 Å². The summed E-state index contributed by atoms with van der Waals surface area (Å²) in [4.78, 5) is 29.4. The Hall–Kier alpha value is -4.07. The number of hydrogen-bond donors (Lipinski definition) is 2. The molecule has 3 aromatic rings. The Balaban J connectivity index is 1.53. The lowest BCUT2D eigenvalue weighted by Crippen LogP contribution is -2.35. The van der Waals surface area contributed by atoms with Gasteiger partial charge in [-0.2, -0.15) is 0 Å². The molecular weight excluding hydrogens is 416 g/mol. The zero-order valence-corrected chi connectivity index (χ0v) is 17.3. The van der Waals surface area contributed by atoms with E-state index in [1.807, 2.05) is 42.6 Å².